The topological polar surface area (TPSA) is 83.6 Å². The second kappa shape index (κ2) is 9.72. The fourth-order valence-corrected chi connectivity index (χ4v) is 7.87. The molecule has 0 radical (unpaired) electrons. The summed E-state index contributed by atoms with van der Waals surface area (Å²) in [4.78, 5) is 28.4. The van der Waals surface area contributed by atoms with Crippen LogP contribution >= 0.6 is 11.6 Å². The number of rotatable bonds is 5. The van der Waals surface area contributed by atoms with E-state index < -0.39 is 14.6 Å². The number of nitrogens with zero attached hydrogens (tertiary/aromatic N) is 1. The molecule has 32 heavy (non-hydrogen) atoms. The summed E-state index contributed by atoms with van der Waals surface area (Å²) in [7, 11) is -3.88. The van der Waals surface area contributed by atoms with Gasteiger partial charge in [-0.25, -0.2) is 8.42 Å². The van der Waals surface area contributed by atoms with Crippen molar-refractivity contribution in [2.24, 2.45) is 5.92 Å². The predicted octanol–water partition coefficient (Wildman–Crippen LogP) is 4.11. The molecule has 176 valence electrons. The highest BCUT2D eigenvalue weighted by Gasteiger charge is 2.55. The van der Waals surface area contributed by atoms with Crippen molar-refractivity contribution < 1.29 is 18.0 Å². The number of amides is 2. The smallest absolute Gasteiger partial charge is 0.244 e. The first-order chi connectivity index (χ1) is 15.3. The molecule has 4 rings (SSSR count). The third kappa shape index (κ3) is 4.56. The number of sulfone groups is 1. The van der Waals surface area contributed by atoms with Crippen LogP contribution in [-0.4, -0.2) is 49.0 Å². The maximum Gasteiger partial charge on any atom is 0.244 e. The quantitative estimate of drug-likeness (QED) is 0.687. The minimum Gasteiger partial charge on any atom is -0.353 e. The van der Waals surface area contributed by atoms with E-state index in [1.165, 1.54) is 18.6 Å². The van der Waals surface area contributed by atoms with Gasteiger partial charge in [0.05, 0.1) is 10.8 Å². The second-order valence-corrected chi connectivity index (χ2v) is 12.3. The number of carbonyl (C=O) groups is 2. The molecular formula is C24H33ClN2O4S. The van der Waals surface area contributed by atoms with Gasteiger partial charge in [-0.05, 0) is 62.8 Å². The minimum absolute atomic E-state index is 0.00966. The van der Waals surface area contributed by atoms with Crippen LogP contribution in [0.1, 0.15) is 70.6 Å². The average molecular weight is 481 g/mol. The maximum atomic E-state index is 13.8. The van der Waals surface area contributed by atoms with Crippen molar-refractivity contribution in [2.45, 2.75) is 86.3 Å². The molecule has 1 saturated heterocycles. The summed E-state index contributed by atoms with van der Waals surface area (Å²) in [6, 6.07) is 6.31. The second-order valence-electron chi connectivity index (χ2n) is 9.59. The van der Waals surface area contributed by atoms with Crippen LogP contribution < -0.4 is 5.32 Å². The lowest BCUT2D eigenvalue weighted by Crippen LogP contribution is -2.56. The first-order valence-electron chi connectivity index (χ1n) is 11.9. The zero-order valence-corrected chi connectivity index (χ0v) is 20.1. The lowest BCUT2D eigenvalue weighted by atomic mass is 9.92. The summed E-state index contributed by atoms with van der Waals surface area (Å²) < 4.78 is 25.9. The van der Waals surface area contributed by atoms with Crippen LogP contribution in [0, 0.1) is 5.92 Å². The number of piperidine rings is 1. The Kier molecular flexibility index (Phi) is 7.15. The Hall–Kier alpha value is -1.60. The minimum atomic E-state index is -3.88. The van der Waals surface area contributed by atoms with Crippen LogP contribution in [0.5, 0.6) is 0 Å². The number of benzene rings is 1. The van der Waals surface area contributed by atoms with Gasteiger partial charge in [0.1, 0.15) is 0 Å². The van der Waals surface area contributed by atoms with Crippen molar-refractivity contribution in [3.8, 4) is 0 Å². The van der Waals surface area contributed by atoms with Gasteiger partial charge < -0.3 is 10.2 Å². The third-order valence-electron chi connectivity index (χ3n) is 7.47. The van der Waals surface area contributed by atoms with Gasteiger partial charge in [0.25, 0.3) is 0 Å². The lowest BCUT2D eigenvalue weighted by Gasteiger charge is -2.38. The van der Waals surface area contributed by atoms with Gasteiger partial charge in [-0.2, -0.15) is 0 Å². The molecule has 0 spiro atoms. The van der Waals surface area contributed by atoms with Gasteiger partial charge in [0.2, 0.25) is 11.8 Å². The molecule has 2 saturated carbocycles. The van der Waals surface area contributed by atoms with E-state index in [0.29, 0.717) is 50.2 Å². The standard InChI is InChI=1S/C24H33ClN2O4S/c25-19-10-12-21(13-11-19)32(30,31)24(14-4-5-15-24)23(29)27-16-6-7-18(17-27)22(28)26-20-8-2-1-3-9-20/h10-13,18,20H,1-9,14-17H2,(H,26,28)/t18-/m1/s1. The Morgan fingerprint density at radius 1 is 0.938 bits per heavy atom. The molecule has 6 nitrogen and oxygen atoms in total. The molecule has 3 aliphatic rings. The first-order valence-corrected chi connectivity index (χ1v) is 13.8. The van der Waals surface area contributed by atoms with Gasteiger partial charge in [-0.15, -0.1) is 0 Å². The van der Waals surface area contributed by atoms with Crippen molar-refractivity contribution in [1.29, 1.82) is 0 Å². The number of halogens is 1. The van der Waals surface area contributed by atoms with Gasteiger partial charge >= 0.3 is 0 Å². The van der Waals surface area contributed by atoms with E-state index in [4.69, 9.17) is 11.6 Å². The molecule has 0 aromatic heterocycles. The molecule has 1 N–H and O–H groups in total. The summed E-state index contributed by atoms with van der Waals surface area (Å²) in [5, 5.41) is 3.64. The van der Waals surface area contributed by atoms with Crippen LogP contribution in [0.3, 0.4) is 0 Å². The number of hydrogen-bond donors (Lipinski definition) is 1. The van der Waals surface area contributed by atoms with Gasteiger partial charge in [0, 0.05) is 24.2 Å². The molecule has 1 aromatic carbocycles. The molecule has 2 aliphatic carbocycles. The zero-order chi connectivity index (χ0) is 22.8. The van der Waals surface area contributed by atoms with E-state index in [0.717, 1.165) is 32.1 Å². The highest BCUT2D eigenvalue weighted by Crippen LogP contribution is 2.42. The molecule has 8 heteroatoms. The van der Waals surface area contributed by atoms with Crippen LogP contribution in [0.4, 0.5) is 0 Å². The van der Waals surface area contributed by atoms with Crippen molar-refractivity contribution in [1.82, 2.24) is 10.2 Å². The van der Waals surface area contributed by atoms with Crippen LogP contribution in [-0.2, 0) is 19.4 Å². The highest BCUT2D eigenvalue weighted by molar-refractivity contribution is 7.93. The molecule has 3 fully saturated rings. The monoisotopic (exact) mass is 480 g/mol. The number of nitrogens with one attached hydrogen (secondary N) is 1. The van der Waals surface area contributed by atoms with Crippen molar-refractivity contribution in [3.05, 3.63) is 29.3 Å². The Morgan fingerprint density at radius 3 is 2.25 bits per heavy atom. The van der Waals surface area contributed by atoms with Crippen LogP contribution in [0.15, 0.2) is 29.2 Å². The Bertz CT molecular complexity index is 935. The molecule has 0 unspecified atom stereocenters. The molecule has 1 aliphatic heterocycles. The SMILES string of the molecule is O=C(NC1CCCCC1)[C@@H]1CCCN(C(=O)C2(S(=O)(=O)c3ccc(Cl)cc3)CCCC2)C1. The van der Waals surface area contributed by atoms with Crippen molar-refractivity contribution in [2.75, 3.05) is 13.1 Å². The number of carbonyl (C=O) groups excluding carboxylic acids is 2. The van der Waals surface area contributed by atoms with E-state index in [1.54, 1.807) is 17.0 Å². The molecular weight excluding hydrogens is 448 g/mol. The average Bonchev–Trinajstić information content (AvgIpc) is 3.31. The Labute approximate surface area is 196 Å². The zero-order valence-electron chi connectivity index (χ0n) is 18.5. The third-order valence-corrected chi connectivity index (χ3v) is 10.2. The number of hydrogen-bond acceptors (Lipinski definition) is 4. The van der Waals surface area contributed by atoms with E-state index in [2.05, 4.69) is 5.32 Å². The summed E-state index contributed by atoms with van der Waals surface area (Å²) in [6.07, 6.45) is 9.06. The summed E-state index contributed by atoms with van der Waals surface area (Å²) in [6.45, 7) is 0.805. The fourth-order valence-electron chi connectivity index (χ4n) is 5.61. The van der Waals surface area contributed by atoms with Crippen molar-refractivity contribution in [3.63, 3.8) is 0 Å². The van der Waals surface area contributed by atoms with Crippen molar-refractivity contribution >= 4 is 33.3 Å². The highest BCUT2D eigenvalue weighted by atomic mass is 35.5. The summed E-state index contributed by atoms with van der Waals surface area (Å²) in [5.74, 6) is -0.595. The van der Waals surface area contributed by atoms with Crippen LogP contribution in [0.25, 0.3) is 0 Å². The molecule has 2 amide bonds. The molecule has 1 aromatic rings. The van der Waals surface area contributed by atoms with E-state index >= 15 is 0 Å². The normalized spacial score (nSPS) is 24.3. The lowest BCUT2D eigenvalue weighted by molar-refractivity contribution is -0.138. The van der Waals surface area contributed by atoms with Gasteiger partial charge in [-0.1, -0.05) is 43.7 Å². The van der Waals surface area contributed by atoms with Crippen LogP contribution in [0.2, 0.25) is 5.02 Å². The summed E-state index contributed by atoms with van der Waals surface area (Å²) in [5.41, 5.74) is 0. The molecule has 1 atom stereocenters. The molecule has 1 heterocycles. The Balaban J connectivity index is 1.51. The predicted molar refractivity (Wildman–Crippen MR) is 124 cm³/mol. The maximum absolute atomic E-state index is 13.8. The van der Waals surface area contributed by atoms with Gasteiger partial charge in [-0.3, -0.25) is 9.59 Å². The van der Waals surface area contributed by atoms with E-state index in [1.807, 2.05) is 0 Å². The fraction of sp³-hybridized carbons (Fsp3) is 0.667. The van der Waals surface area contributed by atoms with E-state index in [9.17, 15) is 18.0 Å². The first kappa shape index (κ1) is 23.6. The van der Waals surface area contributed by atoms with E-state index in [-0.39, 0.29) is 28.7 Å². The largest absolute Gasteiger partial charge is 0.353 e. The summed E-state index contributed by atoms with van der Waals surface area (Å²) >= 11 is 5.95. The Morgan fingerprint density at radius 2 is 1.59 bits per heavy atom. The number of likely N-dealkylation sites (tertiary alicyclic amines) is 1. The molecule has 0 bridgehead atoms. The van der Waals surface area contributed by atoms with Gasteiger partial charge in [0.15, 0.2) is 14.6 Å².